The van der Waals surface area contributed by atoms with Gasteiger partial charge in [0.1, 0.15) is 0 Å². The van der Waals surface area contributed by atoms with Gasteiger partial charge in [-0.15, -0.1) is 0 Å². The Morgan fingerprint density at radius 2 is 1.96 bits per heavy atom. The number of rotatable bonds is 8. The Morgan fingerprint density at radius 3 is 2.63 bits per heavy atom. The molecule has 1 N–H and O–H groups in total. The molecular weight excluding hydrogens is 344 g/mol. The number of allylic oxidation sites excluding steroid dienone is 1. The van der Waals surface area contributed by atoms with E-state index in [1.54, 1.807) is 24.3 Å². The molecule has 0 heterocycles. The smallest absolute Gasteiger partial charge is 0.339 e. The Bertz CT molecular complexity index is 712. The number of methoxy groups -OCH3 is 1. The van der Waals surface area contributed by atoms with Gasteiger partial charge >= 0.3 is 5.97 Å². The molecule has 0 saturated heterocycles. The molecule has 0 aliphatic heterocycles. The van der Waals surface area contributed by atoms with E-state index in [4.69, 9.17) is 4.74 Å². The molecule has 6 heteroatoms. The molecule has 1 aromatic rings. The number of nitrogens with zero attached hydrogens (tertiary/aromatic N) is 1. The van der Waals surface area contributed by atoms with Crippen molar-refractivity contribution in [2.24, 2.45) is 0 Å². The number of hydrogen-bond donors (Lipinski definition) is 1. The number of carbonyl (C=O) groups excluding carboxylic acids is 3. The highest BCUT2D eigenvalue weighted by molar-refractivity contribution is 6.02. The topological polar surface area (TPSA) is 75.7 Å². The summed E-state index contributed by atoms with van der Waals surface area (Å²) in [7, 11) is 1.30. The van der Waals surface area contributed by atoms with E-state index in [-0.39, 0.29) is 24.8 Å². The van der Waals surface area contributed by atoms with Crippen molar-refractivity contribution in [2.75, 3.05) is 25.1 Å². The SMILES string of the molecule is COC(=O)c1ccccc1N(CCC(=O)NCCC1=CCCCC1)C(C)=O. The Labute approximate surface area is 160 Å². The molecule has 0 saturated carbocycles. The van der Waals surface area contributed by atoms with Crippen LogP contribution in [-0.4, -0.2) is 38.0 Å². The first-order valence-electron chi connectivity index (χ1n) is 9.43. The molecular formula is C21H28N2O4. The maximum absolute atomic E-state index is 12.2. The second-order valence-corrected chi connectivity index (χ2v) is 6.64. The minimum atomic E-state index is -0.512. The van der Waals surface area contributed by atoms with E-state index in [0.29, 0.717) is 17.8 Å². The summed E-state index contributed by atoms with van der Waals surface area (Å²) in [5, 5.41) is 2.91. The van der Waals surface area contributed by atoms with Gasteiger partial charge in [-0.25, -0.2) is 4.79 Å². The first-order chi connectivity index (χ1) is 13.0. The standard InChI is InChI=1S/C21H28N2O4/c1-16(24)23(19-11-7-6-10-18(19)21(26)27-2)15-13-20(25)22-14-12-17-8-4-3-5-9-17/h6-8,10-11H,3-5,9,12-15H2,1-2H3,(H,22,25). The predicted octanol–water partition coefficient (Wildman–Crippen LogP) is 3.22. The van der Waals surface area contributed by atoms with Gasteiger partial charge in [-0.2, -0.15) is 0 Å². The van der Waals surface area contributed by atoms with Crippen molar-refractivity contribution in [3.8, 4) is 0 Å². The fraction of sp³-hybridized carbons (Fsp3) is 0.476. The fourth-order valence-corrected chi connectivity index (χ4v) is 3.24. The quantitative estimate of drug-likeness (QED) is 0.561. The number of ether oxygens (including phenoxy) is 1. The summed E-state index contributed by atoms with van der Waals surface area (Å²) in [5.41, 5.74) is 2.18. The molecule has 1 aromatic carbocycles. The third-order valence-electron chi connectivity index (χ3n) is 4.70. The first kappa shape index (κ1) is 20.7. The molecule has 0 bridgehead atoms. The zero-order valence-corrected chi connectivity index (χ0v) is 16.1. The molecule has 0 fully saturated rings. The highest BCUT2D eigenvalue weighted by atomic mass is 16.5. The molecule has 1 aliphatic rings. The summed E-state index contributed by atoms with van der Waals surface area (Å²) in [5.74, 6) is -0.846. The fourth-order valence-electron chi connectivity index (χ4n) is 3.24. The van der Waals surface area contributed by atoms with Crippen LogP contribution >= 0.6 is 0 Å². The van der Waals surface area contributed by atoms with Gasteiger partial charge in [0.15, 0.2) is 0 Å². The van der Waals surface area contributed by atoms with Crippen LogP contribution in [0.1, 0.15) is 55.8 Å². The second kappa shape index (κ2) is 10.5. The summed E-state index contributed by atoms with van der Waals surface area (Å²) in [4.78, 5) is 37.6. The van der Waals surface area contributed by atoms with Gasteiger partial charge in [0.2, 0.25) is 11.8 Å². The van der Waals surface area contributed by atoms with Crippen LogP contribution < -0.4 is 10.2 Å². The zero-order valence-electron chi connectivity index (χ0n) is 16.1. The van der Waals surface area contributed by atoms with Crippen molar-refractivity contribution in [3.63, 3.8) is 0 Å². The van der Waals surface area contributed by atoms with E-state index in [1.807, 2.05) is 0 Å². The lowest BCUT2D eigenvalue weighted by Crippen LogP contribution is -2.35. The Hall–Kier alpha value is -2.63. The van der Waals surface area contributed by atoms with Crippen LogP contribution in [0.25, 0.3) is 0 Å². The monoisotopic (exact) mass is 372 g/mol. The lowest BCUT2D eigenvalue weighted by molar-refractivity contribution is -0.121. The van der Waals surface area contributed by atoms with Crippen LogP contribution in [0.3, 0.4) is 0 Å². The number of hydrogen-bond acceptors (Lipinski definition) is 4. The average Bonchev–Trinajstić information content (AvgIpc) is 2.68. The van der Waals surface area contributed by atoms with Crippen molar-refractivity contribution in [1.29, 1.82) is 0 Å². The van der Waals surface area contributed by atoms with Crippen LogP contribution in [0.15, 0.2) is 35.9 Å². The predicted molar refractivity (Wildman–Crippen MR) is 105 cm³/mol. The second-order valence-electron chi connectivity index (χ2n) is 6.64. The van der Waals surface area contributed by atoms with E-state index >= 15 is 0 Å². The summed E-state index contributed by atoms with van der Waals surface area (Å²) in [6, 6.07) is 6.74. The largest absolute Gasteiger partial charge is 0.465 e. The summed E-state index contributed by atoms with van der Waals surface area (Å²) in [6.45, 7) is 2.24. The van der Waals surface area contributed by atoms with E-state index in [1.165, 1.54) is 37.3 Å². The van der Waals surface area contributed by atoms with Gasteiger partial charge in [-0.1, -0.05) is 23.8 Å². The van der Waals surface area contributed by atoms with E-state index in [2.05, 4.69) is 11.4 Å². The van der Waals surface area contributed by atoms with Gasteiger partial charge in [0, 0.05) is 26.4 Å². The Kier molecular flexibility index (Phi) is 8.04. The molecule has 2 amide bonds. The number of benzene rings is 1. The minimum Gasteiger partial charge on any atom is -0.465 e. The van der Waals surface area contributed by atoms with Crippen LogP contribution in [0.4, 0.5) is 5.69 Å². The highest BCUT2D eigenvalue weighted by Gasteiger charge is 2.20. The van der Waals surface area contributed by atoms with Crippen LogP contribution in [0.2, 0.25) is 0 Å². The summed E-state index contributed by atoms with van der Waals surface area (Å²) >= 11 is 0. The lowest BCUT2D eigenvalue weighted by atomic mass is 9.97. The number of nitrogens with one attached hydrogen (secondary N) is 1. The Balaban J connectivity index is 1.91. The molecule has 146 valence electrons. The van der Waals surface area contributed by atoms with Crippen molar-refractivity contribution < 1.29 is 19.1 Å². The zero-order chi connectivity index (χ0) is 19.6. The molecule has 0 radical (unpaired) electrons. The van der Waals surface area contributed by atoms with E-state index < -0.39 is 5.97 Å². The number of para-hydroxylation sites is 1. The lowest BCUT2D eigenvalue weighted by Gasteiger charge is -2.23. The maximum atomic E-state index is 12.2. The van der Waals surface area contributed by atoms with E-state index in [0.717, 1.165) is 19.3 Å². The third kappa shape index (κ3) is 6.24. The molecule has 0 atom stereocenters. The highest BCUT2D eigenvalue weighted by Crippen LogP contribution is 2.22. The van der Waals surface area contributed by atoms with Gasteiger partial charge in [-0.3, -0.25) is 9.59 Å². The van der Waals surface area contributed by atoms with Crippen LogP contribution in [0.5, 0.6) is 0 Å². The molecule has 0 unspecified atom stereocenters. The normalized spacial score (nSPS) is 13.5. The molecule has 0 spiro atoms. The van der Waals surface area contributed by atoms with Gasteiger partial charge < -0.3 is 15.0 Å². The number of anilines is 1. The van der Waals surface area contributed by atoms with Crippen LogP contribution in [0, 0.1) is 0 Å². The molecule has 1 aliphatic carbocycles. The minimum absolute atomic E-state index is 0.104. The van der Waals surface area contributed by atoms with Crippen molar-refractivity contribution in [3.05, 3.63) is 41.5 Å². The average molecular weight is 372 g/mol. The van der Waals surface area contributed by atoms with Gasteiger partial charge in [-0.05, 0) is 44.2 Å². The van der Waals surface area contributed by atoms with Crippen molar-refractivity contribution in [1.82, 2.24) is 5.32 Å². The van der Waals surface area contributed by atoms with E-state index in [9.17, 15) is 14.4 Å². The Morgan fingerprint density at radius 1 is 1.19 bits per heavy atom. The summed E-state index contributed by atoms with van der Waals surface area (Å²) in [6.07, 6.45) is 8.07. The van der Waals surface area contributed by atoms with Crippen molar-refractivity contribution >= 4 is 23.5 Å². The van der Waals surface area contributed by atoms with Gasteiger partial charge in [0.05, 0.1) is 18.4 Å². The number of esters is 1. The van der Waals surface area contributed by atoms with Gasteiger partial charge in [0.25, 0.3) is 0 Å². The molecule has 6 nitrogen and oxygen atoms in total. The van der Waals surface area contributed by atoms with Crippen molar-refractivity contribution in [2.45, 2.75) is 45.4 Å². The third-order valence-corrected chi connectivity index (χ3v) is 4.70. The molecule has 0 aromatic heterocycles. The molecule has 2 rings (SSSR count). The van der Waals surface area contributed by atoms with Crippen LogP contribution in [-0.2, 0) is 14.3 Å². The number of amides is 2. The number of carbonyl (C=O) groups is 3. The first-order valence-corrected chi connectivity index (χ1v) is 9.43. The summed E-state index contributed by atoms with van der Waals surface area (Å²) < 4.78 is 4.78. The molecule has 27 heavy (non-hydrogen) atoms. The maximum Gasteiger partial charge on any atom is 0.339 e.